The van der Waals surface area contributed by atoms with E-state index in [1.165, 1.54) is 12.1 Å². The molecule has 0 aliphatic carbocycles. The molecule has 13 heteroatoms. The van der Waals surface area contributed by atoms with E-state index in [-0.39, 0.29) is 31.3 Å². The summed E-state index contributed by atoms with van der Waals surface area (Å²) >= 11 is 0. The second kappa shape index (κ2) is 18.1. The molecule has 3 rings (SSSR count). The van der Waals surface area contributed by atoms with E-state index in [1.54, 1.807) is 87.5 Å². The van der Waals surface area contributed by atoms with Crippen LogP contribution in [0.5, 0.6) is 0 Å². The van der Waals surface area contributed by atoms with E-state index in [9.17, 15) is 26.4 Å². The molecule has 0 bridgehead atoms. The predicted octanol–water partition coefficient (Wildman–Crippen LogP) is 4.42. The Balaban J connectivity index is 2.21. The number of sulfone groups is 1. The van der Waals surface area contributed by atoms with Crippen LogP contribution in [0.4, 0.5) is 0 Å². The number of carbonyl (C=O) groups excluding carboxylic acids is 2. The van der Waals surface area contributed by atoms with Gasteiger partial charge in [0.1, 0.15) is 12.2 Å². The van der Waals surface area contributed by atoms with Crippen LogP contribution in [-0.4, -0.2) is 72.3 Å². The highest BCUT2D eigenvalue weighted by Crippen LogP contribution is 2.31. The van der Waals surface area contributed by atoms with Crippen molar-refractivity contribution in [2.75, 3.05) is 26.1 Å². The van der Waals surface area contributed by atoms with Gasteiger partial charge in [0.25, 0.3) is 10.1 Å². The maximum atomic E-state index is 14.6. The zero-order valence-electron chi connectivity index (χ0n) is 26.9. The summed E-state index contributed by atoms with van der Waals surface area (Å²) in [4.78, 5) is 26.2. The second-order valence-corrected chi connectivity index (χ2v) is 14.6. The Hall–Kier alpha value is -3.62. The lowest BCUT2D eigenvalue weighted by atomic mass is 9.97. The Kier molecular flexibility index (Phi) is 14.5. The summed E-state index contributed by atoms with van der Waals surface area (Å²) in [6.45, 7) is 4.00. The molecule has 0 spiro atoms. The van der Waals surface area contributed by atoms with Gasteiger partial charge in [-0.15, -0.1) is 0 Å². The van der Waals surface area contributed by atoms with Crippen LogP contribution in [0.2, 0.25) is 0 Å². The van der Waals surface area contributed by atoms with Gasteiger partial charge in [-0.05, 0) is 50.5 Å². The molecule has 0 aliphatic heterocycles. The van der Waals surface area contributed by atoms with Crippen molar-refractivity contribution >= 4 is 31.9 Å². The first-order chi connectivity index (χ1) is 22.4. The Morgan fingerprint density at radius 2 is 1.19 bits per heavy atom. The Morgan fingerprint density at radius 1 is 0.702 bits per heavy atom. The summed E-state index contributed by atoms with van der Waals surface area (Å²) in [6, 6.07) is 23.9. The van der Waals surface area contributed by atoms with Crippen molar-refractivity contribution in [1.82, 2.24) is 0 Å². The third kappa shape index (κ3) is 11.8. The van der Waals surface area contributed by atoms with Crippen LogP contribution in [0.15, 0.2) is 89.8 Å². The van der Waals surface area contributed by atoms with Gasteiger partial charge in [-0.25, -0.2) is 8.42 Å². The monoisotopic (exact) mass is 690 g/mol. The van der Waals surface area contributed by atoms with E-state index in [0.29, 0.717) is 11.1 Å². The van der Waals surface area contributed by atoms with Crippen molar-refractivity contribution in [3.8, 4) is 0 Å². The van der Waals surface area contributed by atoms with Gasteiger partial charge in [-0.3, -0.25) is 13.8 Å². The van der Waals surface area contributed by atoms with E-state index in [2.05, 4.69) is 0 Å². The quantitative estimate of drug-likeness (QED) is 0.100. The summed E-state index contributed by atoms with van der Waals surface area (Å²) < 4.78 is 81.5. The number of esters is 2. The zero-order valence-corrected chi connectivity index (χ0v) is 28.6. The van der Waals surface area contributed by atoms with Crippen LogP contribution in [0.1, 0.15) is 37.0 Å². The molecule has 0 heterocycles. The van der Waals surface area contributed by atoms with Crippen LogP contribution in [0.3, 0.4) is 0 Å². The van der Waals surface area contributed by atoms with Gasteiger partial charge in [-0.1, -0.05) is 78.4 Å². The van der Waals surface area contributed by atoms with E-state index in [4.69, 9.17) is 23.1 Å². The number of benzene rings is 3. The average molecular weight is 691 g/mol. The highest BCUT2D eigenvalue weighted by atomic mass is 32.2. The third-order valence-electron chi connectivity index (χ3n) is 7.13. The smallest absolute Gasteiger partial charge is 0.320 e. The van der Waals surface area contributed by atoms with Gasteiger partial charge in [0.05, 0.1) is 49.4 Å². The fourth-order valence-corrected chi connectivity index (χ4v) is 7.07. The Bertz CT molecular complexity index is 1610. The van der Waals surface area contributed by atoms with Gasteiger partial charge in [0.15, 0.2) is 15.8 Å². The first kappa shape index (κ1) is 37.8. The van der Waals surface area contributed by atoms with Crippen molar-refractivity contribution in [3.05, 3.63) is 102 Å². The molecule has 0 radical (unpaired) electrons. The van der Waals surface area contributed by atoms with Crippen molar-refractivity contribution in [1.29, 1.82) is 0 Å². The Morgan fingerprint density at radius 3 is 1.66 bits per heavy atom. The van der Waals surface area contributed by atoms with Gasteiger partial charge in [-0.2, -0.15) is 8.42 Å². The van der Waals surface area contributed by atoms with Crippen LogP contribution >= 0.6 is 0 Å². The fourth-order valence-electron chi connectivity index (χ4n) is 4.77. The molecule has 256 valence electrons. The van der Waals surface area contributed by atoms with Gasteiger partial charge < -0.3 is 18.9 Å². The summed E-state index contributed by atoms with van der Waals surface area (Å²) in [6.07, 6.45) is -2.53. The maximum absolute atomic E-state index is 14.6. The lowest BCUT2D eigenvalue weighted by Gasteiger charge is -2.34. The molecule has 0 fully saturated rings. The average Bonchev–Trinajstić information content (AvgIpc) is 3.04. The van der Waals surface area contributed by atoms with Gasteiger partial charge in [0, 0.05) is 0 Å². The van der Waals surface area contributed by atoms with Crippen LogP contribution in [0, 0.1) is 12.8 Å². The number of carbonyl (C=O) groups is 2. The summed E-state index contributed by atoms with van der Waals surface area (Å²) in [7, 11) is -8.44. The molecular formula is C34H42O11S2. The van der Waals surface area contributed by atoms with Gasteiger partial charge >= 0.3 is 11.9 Å². The molecule has 3 aromatic carbocycles. The molecule has 0 saturated carbocycles. The summed E-state index contributed by atoms with van der Waals surface area (Å²) in [5, 5.41) is -1.64. The molecule has 0 N–H and O–H groups in total. The summed E-state index contributed by atoms with van der Waals surface area (Å²) in [5.74, 6) is -3.58. The third-order valence-corrected chi connectivity index (χ3v) is 9.88. The standard InChI is InChI=1S/C34H42O11S2/c1-5-41-33(35)29(34(36)42-6-2)21-31(47(39,40)28-19-17-25(3)18-20-28)32(44-23-27-15-11-8-12-16-27)30(24-45-46(4,37)38)43-22-26-13-9-7-10-14-26/h7-20,29-32H,5-6,21-24H2,1-4H3/t30-,31+,32-/m1/s1. The van der Waals surface area contributed by atoms with E-state index in [0.717, 1.165) is 11.8 Å². The number of hydrogen-bond donors (Lipinski definition) is 0. The van der Waals surface area contributed by atoms with E-state index >= 15 is 0 Å². The van der Waals surface area contributed by atoms with Crippen LogP contribution in [0.25, 0.3) is 0 Å². The highest BCUT2D eigenvalue weighted by molar-refractivity contribution is 7.92. The fraction of sp³-hybridized carbons (Fsp3) is 0.412. The van der Waals surface area contributed by atoms with Crippen molar-refractivity contribution in [3.63, 3.8) is 0 Å². The largest absolute Gasteiger partial charge is 0.465 e. The van der Waals surface area contributed by atoms with Crippen LogP contribution < -0.4 is 0 Å². The second-order valence-electron chi connectivity index (χ2n) is 10.8. The lowest BCUT2D eigenvalue weighted by molar-refractivity contribution is -0.162. The topological polar surface area (TPSA) is 149 Å². The summed E-state index contributed by atoms with van der Waals surface area (Å²) in [5.41, 5.74) is 2.20. The number of ether oxygens (including phenoxy) is 4. The highest BCUT2D eigenvalue weighted by Gasteiger charge is 2.46. The van der Waals surface area contributed by atoms with E-state index in [1.807, 2.05) is 6.07 Å². The van der Waals surface area contributed by atoms with Crippen molar-refractivity contribution < 1.29 is 49.6 Å². The number of aryl methyl sites for hydroxylation is 1. The number of rotatable bonds is 19. The predicted molar refractivity (Wildman–Crippen MR) is 174 cm³/mol. The first-order valence-electron chi connectivity index (χ1n) is 15.1. The molecule has 0 saturated heterocycles. The molecule has 0 aromatic heterocycles. The van der Waals surface area contributed by atoms with Crippen molar-refractivity contribution in [2.24, 2.45) is 5.92 Å². The van der Waals surface area contributed by atoms with Gasteiger partial charge in [0.2, 0.25) is 0 Å². The molecule has 47 heavy (non-hydrogen) atoms. The first-order valence-corrected chi connectivity index (χ1v) is 18.5. The molecule has 0 aliphatic rings. The molecular weight excluding hydrogens is 648 g/mol. The molecule has 11 nitrogen and oxygen atoms in total. The SMILES string of the molecule is CCOC(=O)C(C[C@@H]([C@H](OCc1ccccc1)[C@@H](COS(C)(=O)=O)OCc1ccccc1)S(=O)(=O)c1ccc(C)cc1)C(=O)OCC. The minimum absolute atomic E-state index is 0.0553. The minimum atomic E-state index is -4.42. The Labute approximate surface area is 277 Å². The zero-order chi connectivity index (χ0) is 34.5. The molecule has 3 aromatic rings. The maximum Gasteiger partial charge on any atom is 0.320 e. The lowest BCUT2D eigenvalue weighted by Crippen LogP contribution is -2.49. The molecule has 3 atom stereocenters. The number of hydrogen-bond acceptors (Lipinski definition) is 11. The van der Waals surface area contributed by atoms with Crippen molar-refractivity contribution in [2.45, 2.75) is 62.8 Å². The van der Waals surface area contributed by atoms with Crippen LogP contribution in [-0.2, 0) is 65.9 Å². The normalized spacial score (nSPS) is 13.9. The van der Waals surface area contributed by atoms with E-state index < -0.39 is 68.3 Å². The molecule has 0 amide bonds. The minimum Gasteiger partial charge on any atom is -0.465 e. The molecule has 0 unspecified atom stereocenters.